The molecule has 2 aromatic rings. The molecule has 0 aliphatic rings. The third-order valence-corrected chi connectivity index (χ3v) is 3.44. The second-order valence-electron chi connectivity index (χ2n) is 4.92. The fraction of sp³-hybridized carbons (Fsp3) is 0.312. The van der Waals surface area contributed by atoms with Crippen LogP contribution < -0.4 is 20.7 Å². The number of aryl methyl sites for hydroxylation is 2. The Balaban J connectivity index is 2.54. The molecule has 0 spiro atoms. The zero-order valence-corrected chi connectivity index (χ0v) is 12.8. The molecule has 112 valence electrons. The number of aromatic nitrogens is 1. The molecule has 1 heterocycles. The van der Waals surface area contributed by atoms with Gasteiger partial charge in [0.2, 0.25) is 0 Å². The summed E-state index contributed by atoms with van der Waals surface area (Å²) in [5.74, 6) is 7.26. The molecule has 0 amide bonds. The number of methoxy groups -OCH3 is 2. The summed E-state index contributed by atoms with van der Waals surface area (Å²) in [4.78, 5) is 4.52. The van der Waals surface area contributed by atoms with Crippen molar-refractivity contribution in [1.82, 2.24) is 10.4 Å². The smallest absolute Gasteiger partial charge is 0.124 e. The Morgan fingerprint density at radius 3 is 2.48 bits per heavy atom. The predicted molar refractivity (Wildman–Crippen MR) is 82.4 cm³/mol. The van der Waals surface area contributed by atoms with E-state index in [1.54, 1.807) is 14.2 Å². The van der Waals surface area contributed by atoms with Gasteiger partial charge >= 0.3 is 0 Å². The van der Waals surface area contributed by atoms with E-state index < -0.39 is 0 Å². The first-order valence-electron chi connectivity index (χ1n) is 6.72. The lowest BCUT2D eigenvalue weighted by Gasteiger charge is -2.21. The highest BCUT2D eigenvalue weighted by atomic mass is 16.5. The predicted octanol–water partition coefficient (Wildman–Crippen LogP) is 2.27. The van der Waals surface area contributed by atoms with Crippen molar-refractivity contribution < 1.29 is 9.47 Å². The molecule has 0 fully saturated rings. The molecule has 1 atom stereocenters. The second-order valence-corrected chi connectivity index (χ2v) is 4.92. The topological polar surface area (TPSA) is 69.4 Å². The molecular weight excluding hydrogens is 266 g/mol. The van der Waals surface area contributed by atoms with Crippen LogP contribution in [0.2, 0.25) is 0 Å². The first-order valence-corrected chi connectivity index (χ1v) is 6.72. The standard InChI is InChI=1S/C16H21N3O2/c1-10-7-11(2)15(18-9-10)16(19-17)13-8-12(20-3)5-6-14(13)21-4/h5-9,16,19H,17H2,1-4H3. The van der Waals surface area contributed by atoms with Crippen LogP contribution in [0.15, 0.2) is 30.5 Å². The molecular formula is C16H21N3O2. The molecule has 0 saturated carbocycles. The summed E-state index contributed by atoms with van der Waals surface area (Å²) in [5.41, 5.74) is 6.77. The van der Waals surface area contributed by atoms with Gasteiger partial charge < -0.3 is 9.47 Å². The zero-order chi connectivity index (χ0) is 15.4. The number of hydrazine groups is 1. The third kappa shape index (κ3) is 3.15. The van der Waals surface area contributed by atoms with Crippen molar-refractivity contribution in [2.24, 2.45) is 5.84 Å². The number of hydrogen-bond acceptors (Lipinski definition) is 5. The van der Waals surface area contributed by atoms with Gasteiger partial charge in [0.25, 0.3) is 0 Å². The maximum atomic E-state index is 5.77. The second kappa shape index (κ2) is 6.56. The normalized spacial score (nSPS) is 12.0. The van der Waals surface area contributed by atoms with Gasteiger partial charge in [-0.15, -0.1) is 0 Å². The minimum absolute atomic E-state index is 0.268. The Morgan fingerprint density at radius 1 is 1.14 bits per heavy atom. The van der Waals surface area contributed by atoms with Gasteiger partial charge in [-0.25, -0.2) is 5.43 Å². The molecule has 21 heavy (non-hydrogen) atoms. The van der Waals surface area contributed by atoms with Crippen LogP contribution in [0.3, 0.4) is 0 Å². The van der Waals surface area contributed by atoms with Crippen molar-refractivity contribution in [3.63, 3.8) is 0 Å². The zero-order valence-electron chi connectivity index (χ0n) is 12.8. The minimum Gasteiger partial charge on any atom is -0.497 e. The van der Waals surface area contributed by atoms with Gasteiger partial charge in [-0.05, 0) is 43.2 Å². The lowest BCUT2D eigenvalue weighted by molar-refractivity contribution is 0.393. The SMILES string of the molecule is COc1ccc(OC)c(C(NN)c2ncc(C)cc2C)c1. The van der Waals surface area contributed by atoms with E-state index in [0.29, 0.717) is 0 Å². The van der Waals surface area contributed by atoms with Crippen LogP contribution in [0.5, 0.6) is 11.5 Å². The van der Waals surface area contributed by atoms with Gasteiger partial charge in [-0.2, -0.15) is 0 Å². The first kappa shape index (κ1) is 15.3. The van der Waals surface area contributed by atoms with Crippen LogP contribution in [-0.4, -0.2) is 19.2 Å². The van der Waals surface area contributed by atoms with Crippen LogP contribution in [-0.2, 0) is 0 Å². The molecule has 0 aliphatic heterocycles. The maximum absolute atomic E-state index is 5.77. The fourth-order valence-electron chi connectivity index (χ4n) is 2.41. The van der Waals surface area contributed by atoms with Crippen molar-refractivity contribution in [3.8, 4) is 11.5 Å². The Morgan fingerprint density at radius 2 is 1.90 bits per heavy atom. The van der Waals surface area contributed by atoms with Gasteiger partial charge in [-0.3, -0.25) is 10.8 Å². The number of hydrogen-bond donors (Lipinski definition) is 2. The average Bonchev–Trinajstić information content (AvgIpc) is 2.49. The highest BCUT2D eigenvalue weighted by Crippen LogP contribution is 2.33. The number of pyridine rings is 1. The van der Waals surface area contributed by atoms with E-state index in [1.807, 2.05) is 38.2 Å². The maximum Gasteiger partial charge on any atom is 0.124 e. The highest BCUT2D eigenvalue weighted by Gasteiger charge is 2.21. The van der Waals surface area contributed by atoms with E-state index in [4.69, 9.17) is 15.3 Å². The van der Waals surface area contributed by atoms with Crippen LogP contribution in [0.25, 0.3) is 0 Å². The molecule has 0 radical (unpaired) electrons. The van der Waals surface area contributed by atoms with Crippen LogP contribution in [0.1, 0.15) is 28.4 Å². The van der Waals surface area contributed by atoms with Crippen LogP contribution >= 0.6 is 0 Å². The Bertz CT molecular complexity index is 629. The van der Waals surface area contributed by atoms with Crippen molar-refractivity contribution in [3.05, 3.63) is 52.8 Å². The Kier molecular flexibility index (Phi) is 4.77. The number of benzene rings is 1. The van der Waals surface area contributed by atoms with E-state index in [1.165, 1.54) is 0 Å². The van der Waals surface area contributed by atoms with Gasteiger partial charge in [0.15, 0.2) is 0 Å². The monoisotopic (exact) mass is 287 g/mol. The fourth-order valence-corrected chi connectivity index (χ4v) is 2.41. The summed E-state index contributed by atoms with van der Waals surface area (Å²) in [6.07, 6.45) is 1.83. The summed E-state index contributed by atoms with van der Waals surface area (Å²) < 4.78 is 10.7. The number of nitrogens with zero attached hydrogens (tertiary/aromatic N) is 1. The summed E-state index contributed by atoms with van der Waals surface area (Å²) in [7, 11) is 3.26. The quantitative estimate of drug-likeness (QED) is 0.652. The summed E-state index contributed by atoms with van der Waals surface area (Å²) in [5, 5.41) is 0. The first-order chi connectivity index (χ1) is 10.1. The minimum atomic E-state index is -0.268. The molecule has 5 nitrogen and oxygen atoms in total. The van der Waals surface area contributed by atoms with E-state index in [-0.39, 0.29) is 6.04 Å². The van der Waals surface area contributed by atoms with Crippen molar-refractivity contribution in [1.29, 1.82) is 0 Å². The molecule has 3 N–H and O–H groups in total. The van der Waals surface area contributed by atoms with E-state index in [9.17, 15) is 0 Å². The molecule has 1 aromatic heterocycles. The average molecular weight is 287 g/mol. The molecule has 0 aliphatic carbocycles. The van der Waals surface area contributed by atoms with Crippen molar-refractivity contribution in [2.45, 2.75) is 19.9 Å². The summed E-state index contributed by atoms with van der Waals surface area (Å²) in [6.45, 7) is 4.03. The van der Waals surface area contributed by atoms with Crippen LogP contribution in [0, 0.1) is 13.8 Å². The number of nitrogens with two attached hydrogens (primary N) is 1. The molecule has 0 bridgehead atoms. The van der Waals surface area contributed by atoms with Gasteiger partial charge in [-0.1, -0.05) is 6.07 Å². The molecule has 1 unspecified atom stereocenters. The van der Waals surface area contributed by atoms with Crippen molar-refractivity contribution >= 4 is 0 Å². The summed E-state index contributed by atoms with van der Waals surface area (Å²) >= 11 is 0. The molecule has 1 aromatic carbocycles. The number of nitrogens with one attached hydrogen (secondary N) is 1. The van der Waals surface area contributed by atoms with E-state index in [2.05, 4.69) is 16.5 Å². The van der Waals surface area contributed by atoms with Gasteiger partial charge in [0.1, 0.15) is 11.5 Å². The van der Waals surface area contributed by atoms with E-state index in [0.717, 1.165) is 33.9 Å². The Hall–Kier alpha value is -2.11. The summed E-state index contributed by atoms with van der Waals surface area (Å²) in [6, 6.07) is 7.44. The highest BCUT2D eigenvalue weighted by molar-refractivity contribution is 5.46. The molecule has 0 saturated heterocycles. The van der Waals surface area contributed by atoms with Crippen molar-refractivity contribution in [2.75, 3.05) is 14.2 Å². The largest absolute Gasteiger partial charge is 0.497 e. The van der Waals surface area contributed by atoms with Gasteiger partial charge in [0.05, 0.1) is 26.0 Å². The lowest BCUT2D eigenvalue weighted by Crippen LogP contribution is -2.30. The third-order valence-electron chi connectivity index (χ3n) is 3.44. The molecule has 2 rings (SSSR count). The Labute approximate surface area is 125 Å². The number of rotatable bonds is 5. The van der Waals surface area contributed by atoms with Crippen LogP contribution in [0.4, 0.5) is 0 Å². The lowest BCUT2D eigenvalue weighted by atomic mass is 9.98. The van der Waals surface area contributed by atoms with Gasteiger partial charge in [0, 0.05) is 11.8 Å². The number of ether oxygens (including phenoxy) is 2. The van der Waals surface area contributed by atoms with E-state index >= 15 is 0 Å². The molecule has 5 heteroatoms.